The maximum Gasteiger partial charge on any atom is 0.152 e. The number of halogens is 2. The molecule has 3 nitrogen and oxygen atoms in total. The molecule has 0 heterocycles. The fraction of sp³-hybridized carbons (Fsp3) is 0.462. The number of ether oxygens (including phenoxy) is 1. The largest absolute Gasteiger partial charge is 0.488 e. The first-order valence-electron chi connectivity index (χ1n) is 5.96. The number of hydrogen-bond donors (Lipinski definition) is 1. The van der Waals surface area contributed by atoms with Crippen molar-refractivity contribution in [2.45, 2.75) is 32.8 Å². The standard InChI is InChI=1S/C13H18ClFN2O/c1-3-9(4-2)18-11-7-5-6-10(15)13(11)17-12(16)8-14/h5-7,9H,3-4,8H2,1-2H3,(H2,16,17). The number of para-hydroxylation sites is 1. The normalized spacial score (nSPS) is 11.9. The third kappa shape index (κ3) is 3.88. The fourth-order valence-electron chi connectivity index (χ4n) is 1.51. The summed E-state index contributed by atoms with van der Waals surface area (Å²) in [6.07, 6.45) is 1.74. The number of benzene rings is 1. The molecule has 0 aliphatic carbocycles. The average molecular weight is 273 g/mol. The Morgan fingerprint density at radius 1 is 1.44 bits per heavy atom. The van der Waals surface area contributed by atoms with E-state index in [0.717, 1.165) is 12.8 Å². The van der Waals surface area contributed by atoms with Crippen LogP contribution in [0.25, 0.3) is 0 Å². The molecule has 0 spiro atoms. The van der Waals surface area contributed by atoms with Crippen LogP contribution in [0.2, 0.25) is 0 Å². The van der Waals surface area contributed by atoms with Gasteiger partial charge in [0.05, 0.1) is 12.0 Å². The summed E-state index contributed by atoms with van der Waals surface area (Å²) in [4.78, 5) is 3.96. The minimum atomic E-state index is -0.466. The molecule has 1 rings (SSSR count). The Kier molecular flexibility index (Phi) is 5.92. The number of alkyl halides is 1. The molecule has 100 valence electrons. The molecular weight excluding hydrogens is 255 g/mol. The summed E-state index contributed by atoms with van der Waals surface area (Å²) in [5.41, 5.74) is 5.65. The molecule has 5 heteroatoms. The van der Waals surface area contributed by atoms with Crippen LogP contribution >= 0.6 is 11.6 Å². The maximum atomic E-state index is 13.7. The number of nitrogens with zero attached hydrogens (tertiary/aromatic N) is 1. The van der Waals surface area contributed by atoms with Crippen LogP contribution in [0.5, 0.6) is 5.75 Å². The van der Waals surface area contributed by atoms with Crippen LogP contribution in [0, 0.1) is 5.82 Å². The van der Waals surface area contributed by atoms with E-state index in [0.29, 0.717) is 5.75 Å². The Balaban J connectivity index is 3.07. The van der Waals surface area contributed by atoms with Crippen molar-refractivity contribution in [3.63, 3.8) is 0 Å². The van der Waals surface area contributed by atoms with Crippen molar-refractivity contribution in [2.75, 3.05) is 5.88 Å². The lowest BCUT2D eigenvalue weighted by Crippen LogP contribution is -2.15. The minimum Gasteiger partial charge on any atom is -0.488 e. The first kappa shape index (κ1) is 14.8. The highest BCUT2D eigenvalue weighted by atomic mass is 35.5. The molecule has 0 atom stereocenters. The molecule has 1 aromatic carbocycles. The Bertz CT molecular complexity index is 419. The van der Waals surface area contributed by atoms with E-state index in [9.17, 15) is 4.39 Å². The summed E-state index contributed by atoms with van der Waals surface area (Å²) in [5.74, 6) is 0.151. The lowest BCUT2D eigenvalue weighted by molar-refractivity contribution is 0.193. The van der Waals surface area contributed by atoms with Gasteiger partial charge in [0, 0.05) is 0 Å². The van der Waals surface area contributed by atoms with E-state index in [1.54, 1.807) is 12.1 Å². The SMILES string of the molecule is CCC(CC)Oc1cccc(F)c1N=C(N)CCl. The van der Waals surface area contributed by atoms with Crippen molar-refractivity contribution in [1.29, 1.82) is 0 Å². The molecule has 0 aliphatic rings. The first-order valence-corrected chi connectivity index (χ1v) is 6.49. The smallest absolute Gasteiger partial charge is 0.152 e. The molecule has 0 unspecified atom stereocenters. The summed E-state index contributed by atoms with van der Waals surface area (Å²) in [5, 5.41) is 0. The van der Waals surface area contributed by atoms with Crippen molar-refractivity contribution < 1.29 is 9.13 Å². The fourth-order valence-corrected chi connectivity index (χ4v) is 1.57. The van der Waals surface area contributed by atoms with Crippen LogP contribution in [0.4, 0.5) is 10.1 Å². The molecule has 0 bridgehead atoms. The molecular formula is C13H18ClFN2O. The van der Waals surface area contributed by atoms with Crippen LogP contribution in [-0.2, 0) is 0 Å². The van der Waals surface area contributed by atoms with Crippen LogP contribution in [0.15, 0.2) is 23.2 Å². The van der Waals surface area contributed by atoms with Crippen molar-refractivity contribution >= 4 is 23.1 Å². The van der Waals surface area contributed by atoms with Gasteiger partial charge in [-0.05, 0) is 25.0 Å². The van der Waals surface area contributed by atoms with Gasteiger partial charge in [0.2, 0.25) is 0 Å². The summed E-state index contributed by atoms with van der Waals surface area (Å²) in [6.45, 7) is 4.03. The van der Waals surface area contributed by atoms with E-state index in [4.69, 9.17) is 22.1 Å². The van der Waals surface area contributed by atoms with Gasteiger partial charge in [-0.3, -0.25) is 0 Å². The molecule has 0 aliphatic heterocycles. The highest BCUT2D eigenvalue weighted by Crippen LogP contribution is 2.32. The minimum absolute atomic E-state index is 0.0398. The Hall–Kier alpha value is -1.29. The number of amidine groups is 1. The molecule has 0 saturated heterocycles. The quantitative estimate of drug-likeness (QED) is 0.488. The summed E-state index contributed by atoms with van der Waals surface area (Å²) < 4.78 is 19.4. The van der Waals surface area contributed by atoms with Crippen molar-refractivity contribution in [1.82, 2.24) is 0 Å². The van der Waals surface area contributed by atoms with Crippen LogP contribution in [0.1, 0.15) is 26.7 Å². The van der Waals surface area contributed by atoms with E-state index < -0.39 is 5.82 Å². The summed E-state index contributed by atoms with van der Waals surface area (Å²) in [6, 6.07) is 4.59. The number of hydrogen-bond acceptors (Lipinski definition) is 2. The van der Waals surface area contributed by atoms with Gasteiger partial charge < -0.3 is 10.5 Å². The summed E-state index contributed by atoms with van der Waals surface area (Å²) >= 11 is 5.55. The molecule has 0 amide bonds. The van der Waals surface area contributed by atoms with Gasteiger partial charge in [-0.15, -0.1) is 11.6 Å². The highest BCUT2D eigenvalue weighted by Gasteiger charge is 2.13. The first-order chi connectivity index (χ1) is 8.62. The second kappa shape index (κ2) is 7.21. The molecule has 1 aromatic rings. The van der Waals surface area contributed by atoms with Crippen molar-refractivity contribution in [3.05, 3.63) is 24.0 Å². The van der Waals surface area contributed by atoms with Crippen LogP contribution < -0.4 is 10.5 Å². The predicted molar refractivity (Wildman–Crippen MR) is 73.4 cm³/mol. The molecule has 0 saturated carbocycles. The molecule has 0 fully saturated rings. The van der Waals surface area contributed by atoms with Crippen molar-refractivity contribution in [3.8, 4) is 5.75 Å². The third-order valence-electron chi connectivity index (χ3n) is 2.55. The number of rotatable bonds is 6. The van der Waals surface area contributed by atoms with Gasteiger partial charge in [-0.25, -0.2) is 9.38 Å². The second-order valence-electron chi connectivity index (χ2n) is 3.88. The van der Waals surface area contributed by atoms with Gasteiger partial charge in [0.15, 0.2) is 5.82 Å². The topological polar surface area (TPSA) is 47.6 Å². The third-order valence-corrected chi connectivity index (χ3v) is 2.82. The molecule has 0 radical (unpaired) electrons. The van der Waals surface area contributed by atoms with E-state index >= 15 is 0 Å². The lowest BCUT2D eigenvalue weighted by Gasteiger charge is -2.17. The zero-order valence-corrected chi connectivity index (χ0v) is 11.4. The van der Waals surface area contributed by atoms with Crippen LogP contribution in [0.3, 0.4) is 0 Å². The van der Waals surface area contributed by atoms with Gasteiger partial charge in [-0.1, -0.05) is 19.9 Å². The monoisotopic (exact) mass is 272 g/mol. The van der Waals surface area contributed by atoms with E-state index in [-0.39, 0.29) is 23.5 Å². The lowest BCUT2D eigenvalue weighted by atomic mass is 10.2. The Morgan fingerprint density at radius 3 is 2.67 bits per heavy atom. The van der Waals surface area contributed by atoms with Gasteiger partial charge in [0.1, 0.15) is 17.3 Å². The van der Waals surface area contributed by atoms with Crippen LogP contribution in [-0.4, -0.2) is 17.8 Å². The molecule has 18 heavy (non-hydrogen) atoms. The molecule has 0 aromatic heterocycles. The zero-order valence-electron chi connectivity index (χ0n) is 10.6. The van der Waals surface area contributed by atoms with Gasteiger partial charge in [-0.2, -0.15) is 0 Å². The van der Waals surface area contributed by atoms with Gasteiger partial charge >= 0.3 is 0 Å². The van der Waals surface area contributed by atoms with E-state index in [2.05, 4.69) is 4.99 Å². The van der Waals surface area contributed by atoms with Gasteiger partial charge in [0.25, 0.3) is 0 Å². The van der Waals surface area contributed by atoms with Crippen molar-refractivity contribution in [2.24, 2.45) is 10.7 Å². The zero-order chi connectivity index (χ0) is 13.5. The highest BCUT2D eigenvalue weighted by molar-refractivity contribution is 6.28. The molecule has 2 N–H and O–H groups in total. The Labute approximate surface area is 112 Å². The predicted octanol–water partition coefficient (Wildman–Crippen LogP) is 3.62. The number of nitrogens with two attached hydrogens (primary N) is 1. The summed E-state index contributed by atoms with van der Waals surface area (Å²) in [7, 11) is 0. The van der Waals surface area contributed by atoms with E-state index in [1.807, 2.05) is 13.8 Å². The van der Waals surface area contributed by atoms with E-state index in [1.165, 1.54) is 6.07 Å². The second-order valence-corrected chi connectivity index (χ2v) is 4.15. The average Bonchev–Trinajstić information content (AvgIpc) is 2.39. The Morgan fingerprint density at radius 2 is 2.11 bits per heavy atom. The number of aliphatic imine (C=N–C) groups is 1. The maximum absolute atomic E-state index is 13.7.